The van der Waals surface area contributed by atoms with Crippen molar-refractivity contribution < 1.29 is 8.83 Å². The summed E-state index contributed by atoms with van der Waals surface area (Å²) in [7, 11) is 0. The Morgan fingerprint density at radius 3 is 1.92 bits per heavy atom. The lowest BCUT2D eigenvalue weighted by molar-refractivity contribution is 0.669. The predicted octanol–water partition coefficient (Wildman–Crippen LogP) is 9.98. The van der Waals surface area contributed by atoms with Crippen molar-refractivity contribution in [1.82, 2.24) is 9.97 Å². The van der Waals surface area contributed by atoms with Crippen LogP contribution in [-0.2, 0) is 0 Å². The minimum absolute atomic E-state index is 0.816. The normalized spacial score (nSPS) is 12.1. The third-order valence-corrected chi connectivity index (χ3v) is 8.75. The first-order valence-electron chi connectivity index (χ1n) is 12.8. The Bertz CT molecular complexity index is 2410. The van der Waals surface area contributed by atoms with E-state index in [0.29, 0.717) is 0 Å². The topological polar surface area (TPSA) is 52.1 Å². The quantitative estimate of drug-likeness (QED) is 0.228. The lowest BCUT2D eigenvalue weighted by atomic mass is 9.97. The number of hydrogen-bond donors (Lipinski definition) is 0. The van der Waals surface area contributed by atoms with Crippen LogP contribution in [0.3, 0.4) is 0 Å². The van der Waals surface area contributed by atoms with Crippen molar-refractivity contribution in [3.63, 3.8) is 0 Å². The van der Waals surface area contributed by atoms with Gasteiger partial charge in [0.2, 0.25) is 0 Å². The van der Waals surface area contributed by atoms with Gasteiger partial charge in [-0.05, 0) is 65.7 Å². The van der Waals surface area contributed by atoms with Gasteiger partial charge in [-0.25, -0.2) is 0 Å². The maximum Gasteiger partial charge on any atom is 0.161 e. The molecule has 0 aliphatic carbocycles. The summed E-state index contributed by atoms with van der Waals surface area (Å²) >= 11 is 1.81. The van der Waals surface area contributed by atoms with Gasteiger partial charge in [-0.3, -0.25) is 9.97 Å². The van der Waals surface area contributed by atoms with E-state index in [2.05, 4.69) is 64.6 Å². The van der Waals surface area contributed by atoms with Crippen molar-refractivity contribution in [2.75, 3.05) is 0 Å². The molecule has 0 saturated carbocycles. The second-order valence-electron chi connectivity index (χ2n) is 9.76. The van der Waals surface area contributed by atoms with E-state index in [4.69, 9.17) is 8.83 Å². The summed E-state index contributed by atoms with van der Waals surface area (Å²) in [5, 5.41) is 4.50. The Kier molecular flexibility index (Phi) is 4.18. The fourth-order valence-electron chi connectivity index (χ4n) is 5.87. The van der Waals surface area contributed by atoms with Gasteiger partial charge in [0.15, 0.2) is 11.2 Å². The third kappa shape index (κ3) is 2.93. The molecule has 0 spiro atoms. The van der Waals surface area contributed by atoms with Gasteiger partial charge in [-0.2, -0.15) is 0 Å². The number of hydrogen-bond acceptors (Lipinski definition) is 5. The molecular weight excluding hydrogens is 500 g/mol. The molecule has 0 amide bonds. The summed E-state index contributed by atoms with van der Waals surface area (Å²) in [5.41, 5.74) is 9.46. The largest absolute Gasteiger partial charge is 0.454 e. The number of benzene rings is 4. The minimum Gasteiger partial charge on any atom is -0.454 e. The first kappa shape index (κ1) is 21.0. The molecule has 9 aromatic rings. The second kappa shape index (κ2) is 7.76. The van der Waals surface area contributed by atoms with Gasteiger partial charge in [0.25, 0.3) is 0 Å². The SMILES string of the molecule is c1ccc2c(c1)oc1c(-c3ccc4sc5cccc(-c6ccnc7c6oc6ccccc67)c5c4c3)ccnc12. The molecule has 0 radical (unpaired) electrons. The molecule has 9 rings (SSSR count). The van der Waals surface area contributed by atoms with Crippen LogP contribution >= 0.6 is 11.3 Å². The molecule has 0 bridgehead atoms. The Morgan fingerprint density at radius 2 is 1.18 bits per heavy atom. The number of furan rings is 2. The van der Waals surface area contributed by atoms with Crippen LogP contribution in [0.15, 0.2) is 118 Å². The van der Waals surface area contributed by atoms with Crippen LogP contribution in [0.5, 0.6) is 0 Å². The molecule has 0 fully saturated rings. The molecule has 182 valence electrons. The predicted molar refractivity (Wildman–Crippen MR) is 160 cm³/mol. The molecule has 0 unspecified atom stereocenters. The zero-order valence-corrected chi connectivity index (χ0v) is 21.3. The van der Waals surface area contributed by atoms with Crippen molar-refractivity contribution in [2.45, 2.75) is 0 Å². The maximum absolute atomic E-state index is 6.37. The van der Waals surface area contributed by atoms with Crippen LogP contribution in [-0.4, -0.2) is 9.97 Å². The summed E-state index contributed by atoms with van der Waals surface area (Å²) in [5.74, 6) is 0. The lowest BCUT2D eigenvalue weighted by Gasteiger charge is -2.07. The zero-order valence-electron chi connectivity index (χ0n) is 20.5. The molecule has 0 atom stereocenters. The van der Waals surface area contributed by atoms with Crippen LogP contribution in [0.4, 0.5) is 0 Å². The Balaban J connectivity index is 1.33. The average molecular weight is 519 g/mol. The van der Waals surface area contributed by atoms with Gasteiger partial charge in [0.1, 0.15) is 22.2 Å². The molecule has 4 nitrogen and oxygen atoms in total. The van der Waals surface area contributed by atoms with Gasteiger partial charge in [-0.15, -0.1) is 11.3 Å². The van der Waals surface area contributed by atoms with E-state index in [9.17, 15) is 0 Å². The molecule has 0 aliphatic heterocycles. The number of aromatic nitrogens is 2. The minimum atomic E-state index is 0.816. The summed E-state index contributed by atoms with van der Waals surface area (Å²) in [4.78, 5) is 9.33. The molecule has 0 aliphatic rings. The number of fused-ring (bicyclic) bond motifs is 9. The van der Waals surface area contributed by atoms with E-state index in [-0.39, 0.29) is 0 Å². The van der Waals surface area contributed by atoms with Gasteiger partial charge in [0.05, 0.1) is 0 Å². The monoisotopic (exact) mass is 518 g/mol. The second-order valence-corrected chi connectivity index (χ2v) is 10.8. The Morgan fingerprint density at radius 1 is 0.513 bits per heavy atom. The molecule has 0 N–H and O–H groups in total. The van der Waals surface area contributed by atoms with E-state index in [1.54, 1.807) is 0 Å². The van der Waals surface area contributed by atoms with E-state index in [0.717, 1.165) is 66.4 Å². The molecular formula is C34H18N2O2S. The Hall–Kier alpha value is -5.00. The summed E-state index contributed by atoms with van der Waals surface area (Å²) < 4.78 is 15.2. The van der Waals surface area contributed by atoms with Gasteiger partial charge in [-0.1, -0.05) is 42.5 Å². The highest BCUT2D eigenvalue weighted by Crippen LogP contribution is 2.44. The van der Waals surface area contributed by atoms with Gasteiger partial charge >= 0.3 is 0 Å². The fraction of sp³-hybridized carbons (Fsp3) is 0. The number of para-hydroxylation sites is 2. The number of nitrogens with zero attached hydrogens (tertiary/aromatic N) is 2. The first-order chi connectivity index (χ1) is 19.3. The van der Waals surface area contributed by atoms with E-state index in [1.807, 2.05) is 66.2 Å². The van der Waals surface area contributed by atoms with Gasteiger partial charge in [0, 0.05) is 54.5 Å². The van der Waals surface area contributed by atoms with Crippen molar-refractivity contribution in [3.8, 4) is 22.3 Å². The lowest BCUT2D eigenvalue weighted by Crippen LogP contribution is -1.84. The summed E-state index contributed by atoms with van der Waals surface area (Å²) in [6.07, 6.45) is 3.75. The van der Waals surface area contributed by atoms with Gasteiger partial charge < -0.3 is 8.83 Å². The van der Waals surface area contributed by atoms with Crippen LogP contribution < -0.4 is 0 Å². The van der Waals surface area contributed by atoms with Crippen molar-refractivity contribution >= 4 is 75.6 Å². The number of pyridine rings is 2. The average Bonchev–Trinajstić information content (AvgIpc) is 3.67. The highest BCUT2D eigenvalue weighted by Gasteiger charge is 2.19. The van der Waals surface area contributed by atoms with Crippen molar-refractivity contribution in [3.05, 3.63) is 109 Å². The van der Waals surface area contributed by atoms with Crippen LogP contribution in [0.25, 0.3) is 86.6 Å². The van der Waals surface area contributed by atoms with Crippen LogP contribution in [0, 0.1) is 0 Å². The fourth-order valence-corrected chi connectivity index (χ4v) is 6.98. The molecule has 5 heterocycles. The maximum atomic E-state index is 6.37. The first-order valence-corrected chi connectivity index (χ1v) is 13.6. The summed E-state index contributed by atoms with van der Waals surface area (Å²) in [6.45, 7) is 0. The third-order valence-electron chi connectivity index (χ3n) is 7.61. The highest BCUT2D eigenvalue weighted by atomic mass is 32.1. The molecule has 5 heteroatoms. The van der Waals surface area contributed by atoms with Crippen molar-refractivity contribution in [2.24, 2.45) is 0 Å². The number of rotatable bonds is 2. The highest BCUT2D eigenvalue weighted by molar-refractivity contribution is 7.26. The van der Waals surface area contributed by atoms with E-state index >= 15 is 0 Å². The van der Waals surface area contributed by atoms with E-state index < -0.39 is 0 Å². The zero-order chi connectivity index (χ0) is 25.5. The molecule has 39 heavy (non-hydrogen) atoms. The molecule has 5 aromatic heterocycles. The Labute approximate surface area is 225 Å². The standard InChI is InChI=1S/C34H18N2O2S/c1-3-9-26-23(6-1)31-33(37-26)20(14-16-35-31)19-12-13-28-25(18-19)30-21(8-5-11-29(30)39-28)22-15-17-36-32-24-7-2-4-10-27(24)38-34(22)32/h1-18H. The number of thiophene rings is 1. The van der Waals surface area contributed by atoms with Crippen LogP contribution in [0.1, 0.15) is 0 Å². The summed E-state index contributed by atoms with van der Waals surface area (Å²) in [6, 6.07) is 33.5. The van der Waals surface area contributed by atoms with E-state index in [1.165, 1.54) is 20.2 Å². The van der Waals surface area contributed by atoms with Crippen molar-refractivity contribution in [1.29, 1.82) is 0 Å². The molecule has 0 saturated heterocycles. The van der Waals surface area contributed by atoms with Crippen LogP contribution in [0.2, 0.25) is 0 Å². The molecule has 4 aromatic carbocycles. The smallest absolute Gasteiger partial charge is 0.161 e.